The largest absolute Gasteiger partial charge is 0.350 e. The van der Waals surface area contributed by atoms with E-state index in [1.165, 1.54) is 0 Å². The highest BCUT2D eigenvalue weighted by atomic mass is 32.1. The predicted octanol–water partition coefficient (Wildman–Crippen LogP) is 1.41. The van der Waals surface area contributed by atoms with Crippen molar-refractivity contribution in [3.8, 4) is 12.3 Å². The summed E-state index contributed by atoms with van der Waals surface area (Å²) in [6.45, 7) is 5.02. The molecule has 1 aliphatic rings. The number of nitrogens with one attached hydrogen (secondary N) is 1. The van der Waals surface area contributed by atoms with Crippen molar-refractivity contribution in [2.45, 2.75) is 26.3 Å². The molecule has 1 aliphatic heterocycles. The van der Waals surface area contributed by atoms with E-state index in [0.29, 0.717) is 13.1 Å². The van der Waals surface area contributed by atoms with Gasteiger partial charge in [-0.3, -0.25) is 9.69 Å². The second-order valence-electron chi connectivity index (χ2n) is 4.83. The summed E-state index contributed by atoms with van der Waals surface area (Å²) in [7, 11) is 0. The minimum atomic E-state index is 0.119. The zero-order valence-electron chi connectivity index (χ0n) is 11.2. The van der Waals surface area contributed by atoms with Gasteiger partial charge in [-0.05, 0) is 32.9 Å². The number of thiazole rings is 1. The van der Waals surface area contributed by atoms with Crippen molar-refractivity contribution in [2.24, 2.45) is 5.92 Å². The lowest BCUT2D eigenvalue weighted by molar-refractivity contribution is -0.126. The SMILES string of the molecule is C#CCN1CCC(C(=O)NCc2csc(C)n2)CC1. The molecule has 0 unspecified atom stereocenters. The van der Waals surface area contributed by atoms with Crippen molar-refractivity contribution < 1.29 is 4.79 Å². The molecular weight excluding hydrogens is 258 g/mol. The van der Waals surface area contributed by atoms with E-state index in [1.54, 1.807) is 11.3 Å². The summed E-state index contributed by atoms with van der Waals surface area (Å²) in [6.07, 6.45) is 7.08. The number of amides is 1. The fraction of sp³-hybridized carbons (Fsp3) is 0.571. The van der Waals surface area contributed by atoms with Crippen LogP contribution >= 0.6 is 11.3 Å². The first-order valence-corrected chi connectivity index (χ1v) is 7.41. The van der Waals surface area contributed by atoms with Crippen LogP contribution in [0.5, 0.6) is 0 Å². The van der Waals surface area contributed by atoms with Gasteiger partial charge in [0.1, 0.15) is 0 Å². The number of piperidine rings is 1. The summed E-state index contributed by atoms with van der Waals surface area (Å²) in [6, 6.07) is 0. The molecule has 1 aromatic rings. The average Bonchev–Trinajstić information content (AvgIpc) is 2.83. The molecule has 0 radical (unpaired) electrons. The van der Waals surface area contributed by atoms with Crippen molar-refractivity contribution in [1.82, 2.24) is 15.2 Å². The lowest BCUT2D eigenvalue weighted by Crippen LogP contribution is -2.40. The van der Waals surface area contributed by atoms with Gasteiger partial charge in [0.15, 0.2) is 0 Å². The van der Waals surface area contributed by atoms with Crippen LogP contribution in [0.1, 0.15) is 23.5 Å². The van der Waals surface area contributed by atoms with Gasteiger partial charge in [0.25, 0.3) is 0 Å². The Kier molecular flexibility index (Phi) is 4.94. The summed E-state index contributed by atoms with van der Waals surface area (Å²) < 4.78 is 0. The van der Waals surface area contributed by atoms with Gasteiger partial charge >= 0.3 is 0 Å². The number of hydrogen-bond donors (Lipinski definition) is 1. The number of carbonyl (C=O) groups is 1. The van der Waals surface area contributed by atoms with Gasteiger partial charge in [0.05, 0.1) is 23.8 Å². The summed E-state index contributed by atoms with van der Waals surface area (Å²) in [5.74, 6) is 2.91. The molecule has 0 aliphatic carbocycles. The van der Waals surface area contributed by atoms with Crippen molar-refractivity contribution in [1.29, 1.82) is 0 Å². The van der Waals surface area contributed by atoms with Crippen LogP contribution in [-0.2, 0) is 11.3 Å². The van der Waals surface area contributed by atoms with E-state index in [1.807, 2.05) is 12.3 Å². The number of carbonyl (C=O) groups excluding carboxylic acids is 1. The number of hydrogen-bond acceptors (Lipinski definition) is 4. The zero-order valence-corrected chi connectivity index (χ0v) is 12.0. The normalized spacial score (nSPS) is 17.1. The molecule has 19 heavy (non-hydrogen) atoms. The first-order valence-electron chi connectivity index (χ1n) is 6.53. The molecule has 1 amide bonds. The molecule has 1 N–H and O–H groups in total. The standard InChI is InChI=1S/C14H19N3OS/c1-3-6-17-7-4-12(5-8-17)14(18)15-9-13-10-19-11(2)16-13/h1,10,12H,4-9H2,2H3,(H,15,18). The molecule has 0 atom stereocenters. The van der Waals surface area contributed by atoms with Crippen LogP contribution in [-0.4, -0.2) is 35.4 Å². The Bertz CT molecular complexity index is 469. The summed E-state index contributed by atoms with van der Waals surface area (Å²) in [5, 5.41) is 6.00. The van der Waals surface area contributed by atoms with E-state index in [4.69, 9.17) is 6.42 Å². The van der Waals surface area contributed by atoms with Crippen molar-refractivity contribution >= 4 is 17.2 Å². The first kappa shape index (κ1) is 14.0. The van der Waals surface area contributed by atoms with Gasteiger partial charge in [-0.1, -0.05) is 5.92 Å². The average molecular weight is 277 g/mol. The number of aryl methyl sites for hydroxylation is 1. The van der Waals surface area contributed by atoms with Gasteiger partial charge in [-0.25, -0.2) is 4.98 Å². The maximum Gasteiger partial charge on any atom is 0.223 e. The van der Waals surface area contributed by atoms with E-state index >= 15 is 0 Å². The quantitative estimate of drug-likeness (QED) is 0.847. The summed E-state index contributed by atoms with van der Waals surface area (Å²) in [4.78, 5) is 18.6. The van der Waals surface area contributed by atoms with E-state index in [0.717, 1.165) is 36.6 Å². The molecule has 5 heteroatoms. The van der Waals surface area contributed by atoms with Crippen LogP contribution in [0.4, 0.5) is 0 Å². The van der Waals surface area contributed by atoms with Crippen molar-refractivity contribution in [3.05, 3.63) is 16.1 Å². The fourth-order valence-corrected chi connectivity index (χ4v) is 2.91. The molecule has 0 aromatic carbocycles. The van der Waals surface area contributed by atoms with Crippen LogP contribution in [0.25, 0.3) is 0 Å². The third kappa shape index (κ3) is 4.05. The predicted molar refractivity (Wildman–Crippen MR) is 76.7 cm³/mol. The molecule has 0 saturated carbocycles. The highest BCUT2D eigenvalue weighted by molar-refractivity contribution is 7.09. The minimum Gasteiger partial charge on any atom is -0.350 e. The molecule has 4 nitrogen and oxygen atoms in total. The van der Waals surface area contributed by atoms with Crippen LogP contribution in [0.3, 0.4) is 0 Å². The van der Waals surface area contributed by atoms with E-state index in [9.17, 15) is 4.79 Å². The molecule has 1 fully saturated rings. The van der Waals surface area contributed by atoms with Gasteiger partial charge in [0, 0.05) is 11.3 Å². The number of terminal acetylenes is 1. The third-order valence-electron chi connectivity index (χ3n) is 3.38. The van der Waals surface area contributed by atoms with Crippen molar-refractivity contribution in [2.75, 3.05) is 19.6 Å². The monoisotopic (exact) mass is 277 g/mol. The van der Waals surface area contributed by atoms with Crippen LogP contribution in [0.2, 0.25) is 0 Å². The third-order valence-corrected chi connectivity index (χ3v) is 4.21. The fourth-order valence-electron chi connectivity index (χ4n) is 2.29. The Hall–Kier alpha value is -1.38. The van der Waals surface area contributed by atoms with Crippen LogP contribution in [0.15, 0.2) is 5.38 Å². The lowest BCUT2D eigenvalue weighted by atomic mass is 9.96. The Morgan fingerprint density at radius 1 is 1.63 bits per heavy atom. The van der Waals surface area contributed by atoms with Crippen LogP contribution < -0.4 is 5.32 Å². The molecule has 1 aromatic heterocycles. The first-order chi connectivity index (χ1) is 9.19. The molecule has 2 heterocycles. The topological polar surface area (TPSA) is 45.2 Å². The number of likely N-dealkylation sites (tertiary alicyclic amines) is 1. The maximum absolute atomic E-state index is 12.0. The zero-order chi connectivity index (χ0) is 13.7. The highest BCUT2D eigenvalue weighted by Crippen LogP contribution is 2.17. The molecular formula is C14H19N3OS. The van der Waals surface area contributed by atoms with Crippen LogP contribution in [0, 0.1) is 25.2 Å². The summed E-state index contributed by atoms with van der Waals surface area (Å²) >= 11 is 1.61. The lowest BCUT2D eigenvalue weighted by Gasteiger charge is -2.29. The molecule has 102 valence electrons. The second kappa shape index (κ2) is 6.69. The number of aromatic nitrogens is 1. The Morgan fingerprint density at radius 3 is 2.95 bits per heavy atom. The van der Waals surface area contributed by atoms with Gasteiger partial charge in [-0.15, -0.1) is 17.8 Å². The molecule has 0 spiro atoms. The van der Waals surface area contributed by atoms with E-state index < -0.39 is 0 Å². The number of nitrogens with zero attached hydrogens (tertiary/aromatic N) is 2. The Labute approximate surface area is 118 Å². The Morgan fingerprint density at radius 2 is 2.37 bits per heavy atom. The highest BCUT2D eigenvalue weighted by Gasteiger charge is 2.24. The smallest absolute Gasteiger partial charge is 0.223 e. The summed E-state index contributed by atoms with van der Waals surface area (Å²) in [5.41, 5.74) is 0.945. The Balaban J connectivity index is 1.74. The second-order valence-corrected chi connectivity index (χ2v) is 5.89. The molecule has 0 bridgehead atoms. The maximum atomic E-state index is 12.0. The van der Waals surface area contributed by atoms with Gasteiger partial charge in [0.2, 0.25) is 5.91 Å². The van der Waals surface area contributed by atoms with E-state index in [-0.39, 0.29) is 11.8 Å². The van der Waals surface area contributed by atoms with Gasteiger partial charge in [-0.2, -0.15) is 0 Å². The minimum absolute atomic E-state index is 0.119. The molecule has 1 saturated heterocycles. The molecule has 2 rings (SSSR count). The van der Waals surface area contributed by atoms with Gasteiger partial charge < -0.3 is 5.32 Å². The van der Waals surface area contributed by atoms with Crippen molar-refractivity contribution in [3.63, 3.8) is 0 Å². The van der Waals surface area contributed by atoms with E-state index in [2.05, 4.69) is 21.1 Å². The number of rotatable bonds is 4.